The molecule has 1 atom stereocenters. The highest BCUT2D eigenvalue weighted by atomic mass is 19.3. The van der Waals surface area contributed by atoms with Crippen molar-refractivity contribution in [3.8, 4) is 17.6 Å². The van der Waals surface area contributed by atoms with Crippen LogP contribution < -0.4 is 26.6 Å². The summed E-state index contributed by atoms with van der Waals surface area (Å²) in [6, 6.07) is 5.15. The minimum atomic E-state index is -3.05. The van der Waals surface area contributed by atoms with Gasteiger partial charge in [0.05, 0.1) is 13.1 Å². The Kier molecular flexibility index (Phi) is 7.21. The number of nitrogens with zero attached hydrogens (tertiary/aromatic N) is 5. The lowest BCUT2D eigenvalue weighted by atomic mass is 10.1. The van der Waals surface area contributed by atoms with Crippen LogP contribution in [0.25, 0.3) is 11.2 Å². The molecular weight excluding hydrogens is 474 g/mol. The van der Waals surface area contributed by atoms with E-state index in [2.05, 4.69) is 21.6 Å². The average molecular weight is 501 g/mol. The summed E-state index contributed by atoms with van der Waals surface area (Å²) in [6.07, 6.45) is 1.73. The first-order valence-electron chi connectivity index (χ1n) is 11.4. The lowest BCUT2D eigenvalue weighted by Gasteiger charge is -2.31. The summed E-state index contributed by atoms with van der Waals surface area (Å²) in [5, 5.41) is 0. The van der Waals surface area contributed by atoms with Crippen LogP contribution in [0.1, 0.15) is 30.1 Å². The maximum atomic E-state index is 13.5. The van der Waals surface area contributed by atoms with E-state index < -0.39 is 30.2 Å². The Labute approximate surface area is 204 Å². The number of nitrogens with two attached hydrogens (primary N) is 1. The molecule has 0 aliphatic carbocycles. The number of hydrogen-bond acceptors (Lipinski definition) is 7. The topological polar surface area (TPSA) is 117 Å². The SMILES string of the molecule is CC#CCn1c(N2CCC[C@@H](N)C2)nc2c1c(=O)n(CC(=O)c1cccc(OC(F)F)c1)c(=O)n2C. The number of aryl methyl sites for hydroxylation is 1. The highest BCUT2D eigenvalue weighted by molar-refractivity contribution is 5.96. The highest BCUT2D eigenvalue weighted by Gasteiger charge is 2.26. The summed E-state index contributed by atoms with van der Waals surface area (Å²) in [5.74, 6) is 5.41. The average Bonchev–Trinajstić information content (AvgIpc) is 3.23. The van der Waals surface area contributed by atoms with E-state index in [-0.39, 0.29) is 35.1 Å². The first-order chi connectivity index (χ1) is 17.2. The predicted molar refractivity (Wildman–Crippen MR) is 130 cm³/mol. The monoisotopic (exact) mass is 500 g/mol. The van der Waals surface area contributed by atoms with Gasteiger partial charge in [-0.15, -0.1) is 5.92 Å². The van der Waals surface area contributed by atoms with Gasteiger partial charge in [0, 0.05) is 31.7 Å². The standard InChI is InChI=1S/C24H26F2N6O4/c1-3-4-11-31-19-20(28-23(31)30-10-6-8-16(27)13-30)29(2)24(35)32(21(19)34)14-18(33)15-7-5-9-17(12-15)36-22(25)26/h5,7,9,12,16,22H,6,8,10-11,13-14,27H2,1-2H3/t16-/m1/s1. The molecule has 1 aliphatic rings. The van der Waals surface area contributed by atoms with Crippen molar-refractivity contribution in [2.24, 2.45) is 12.8 Å². The molecule has 0 spiro atoms. The van der Waals surface area contributed by atoms with Gasteiger partial charge in [-0.25, -0.2) is 4.79 Å². The van der Waals surface area contributed by atoms with E-state index in [0.29, 0.717) is 19.0 Å². The summed E-state index contributed by atoms with van der Waals surface area (Å²) in [6.45, 7) is -0.581. The van der Waals surface area contributed by atoms with E-state index in [0.717, 1.165) is 23.5 Å². The number of carbonyl (C=O) groups is 1. The van der Waals surface area contributed by atoms with Crippen LogP contribution in [0.15, 0.2) is 33.9 Å². The number of ketones is 1. The third-order valence-electron chi connectivity index (χ3n) is 6.05. The zero-order valence-electron chi connectivity index (χ0n) is 19.9. The van der Waals surface area contributed by atoms with Gasteiger partial charge in [0.2, 0.25) is 5.95 Å². The molecule has 10 nitrogen and oxygen atoms in total. The molecule has 3 heterocycles. The van der Waals surface area contributed by atoms with Crippen molar-refractivity contribution in [1.29, 1.82) is 0 Å². The molecule has 0 unspecified atom stereocenters. The Hall–Kier alpha value is -3.98. The molecule has 0 radical (unpaired) electrons. The minimum absolute atomic E-state index is 0.0237. The second-order valence-electron chi connectivity index (χ2n) is 8.51. The molecule has 2 aromatic heterocycles. The largest absolute Gasteiger partial charge is 0.435 e. The number of fused-ring (bicyclic) bond motifs is 1. The van der Waals surface area contributed by atoms with Crippen molar-refractivity contribution in [2.75, 3.05) is 18.0 Å². The van der Waals surface area contributed by atoms with Gasteiger partial charge in [-0.05, 0) is 31.9 Å². The molecule has 1 aliphatic heterocycles. The molecule has 1 aromatic carbocycles. The maximum absolute atomic E-state index is 13.5. The molecule has 4 rings (SSSR count). The number of piperidine rings is 1. The summed E-state index contributed by atoms with van der Waals surface area (Å²) in [4.78, 5) is 46.1. The number of Topliss-reactive ketones (excluding diaryl/α,β-unsaturated/α-hetero) is 1. The van der Waals surface area contributed by atoms with Crippen LogP contribution in [-0.4, -0.2) is 50.2 Å². The van der Waals surface area contributed by atoms with Crippen molar-refractivity contribution in [3.63, 3.8) is 0 Å². The first-order valence-corrected chi connectivity index (χ1v) is 11.4. The van der Waals surface area contributed by atoms with E-state index >= 15 is 0 Å². The quantitative estimate of drug-likeness (QED) is 0.384. The summed E-state index contributed by atoms with van der Waals surface area (Å²) >= 11 is 0. The molecule has 1 saturated heterocycles. The van der Waals surface area contributed by atoms with Crippen molar-refractivity contribution in [2.45, 2.75) is 45.5 Å². The van der Waals surface area contributed by atoms with Crippen molar-refractivity contribution >= 4 is 22.9 Å². The second kappa shape index (κ2) is 10.3. The van der Waals surface area contributed by atoms with E-state index in [9.17, 15) is 23.2 Å². The minimum Gasteiger partial charge on any atom is -0.435 e. The number of rotatable bonds is 7. The van der Waals surface area contributed by atoms with Crippen molar-refractivity contribution in [1.82, 2.24) is 18.7 Å². The zero-order valence-corrected chi connectivity index (χ0v) is 19.9. The Balaban J connectivity index is 1.81. The van der Waals surface area contributed by atoms with E-state index in [4.69, 9.17) is 5.73 Å². The fraction of sp³-hybridized carbons (Fsp3) is 0.417. The highest BCUT2D eigenvalue weighted by Crippen LogP contribution is 2.23. The van der Waals surface area contributed by atoms with E-state index in [1.54, 1.807) is 11.5 Å². The Morgan fingerprint density at radius 1 is 1.31 bits per heavy atom. The van der Waals surface area contributed by atoms with Crippen LogP contribution in [0, 0.1) is 11.8 Å². The number of hydrogen-bond donors (Lipinski definition) is 1. The lowest BCUT2D eigenvalue weighted by Crippen LogP contribution is -2.44. The van der Waals surface area contributed by atoms with Crippen LogP contribution >= 0.6 is 0 Å². The van der Waals surface area contributed by atoms with Crippen LogP contribution in [0.3, 0.4) is 0 Å². The fourth-order valence-corrected chi connectivity index (χ4v) is 4.32. The normalized spacial score (nSPS) is 15.7. The zero-order chi connectivity index (χ0) is 26.0. The smallest absolute Gasteiger partial charge is 0.387 e. The van der Waals surface area contributed by atoms with Crippen LogP contribution in [0.4, 0.5) is 14.7 Å². The summed E-state index contributed by atoms with van der Waals surface area (Å²) < 4.78 is 33.1. The van der Waals surface area contributed by atoms with Gasteiger partial charge >= 0.3 is 12.3 Å². The van der Waals surface area contributed by atoms with Crippen LogP contribution in [0.2, 0.25) is 0 Å². The van der Waals surface area contributed by atoms with Crippen LogP contribution in [-0.2, 0) is 20.1 Å². The fourth-order valence-electron chi connectivity index (χ4n) is 4.32. The Bertz CT molecular complexity index is 1480. The lowest BCUT2D eigenvalue weighted by molar-refractivity contribution is -0.0498. The van der Waals surface area contributed by atoms with Crippen molar-refractivity contribution in [3.05, 3.63) is 50.7 Å². The van der Waals surface area contributed by atoms with Crippen molar-refractivity contribution < 1.29 is 18.3 Å². The summed E-state index contributed by atoms with van der Waals surface area (Å²) in [5.41, 5.74) is 5.06. The van der Waals surface area contributed by atoms with Gasteiger partial charge in [-0.3, -0.25) is 23.3 Å². The molecule has 36 heavy (non-hydrogen) atoms. The van der Waals surface area contributed by atoms with E-state index in [1.807, 2.05) is 4.90 Å². The molecule has 190 valence electrons. The number of ether oxygens (including phenoxy) is 1. The second-order valence-corrected chi connectivity index (χ2v) is 8.51. The molecule has 0 saturated carbocycles. The number of anilines is 1. The Morgan fingerprint density at radius 3 is 2.78 bits per heavy atom. The number of halogens is 2. The maximum Gasteiger partial charge on any atom is 0.387 e. The molecule has 2 N–H and O–H groups in total. The van der Waals surface area contributed by atoms with Gasteiger partial charge in [-0.2, -0.15) is 13.8 Å². The van der Waals surface area contributed by atoms with Gasteiger partial charge in [0.15, 0.2) is 16.9 Å². The van der Waals surface area contributed by atoms with Crippen LogP contribution in [0.5, 0.6) is 5.75 Å². The molecule has 0 amide bonds. The number of benzene rings is 1. The van der Waals surface area contributed by atoms with Gasteiger partial charge < -0.3 is 15.4 Å². The summed E-state index contributed by atoms with van der Waals surface area (Å²) in [7, 11) is 1.47. The molecule has 12 heteroatoms. The molecular formula is C24H26F2N6O4. The predicted octanol–water partition coefficient (Wildman–Crippen LogP) is 1.33. The van der Waals surface area contributed by atoms with Gasteiger partial charge in [0.1, 0.15) is 5.75 Å². The number of carbonyl (C=O) groups excluding carboxylic acids is 1. The van der Waals surface area contributed by atoms with E-state index in [1.165, 1.54) is 29.8 Å². The van der Waals surface area contributed by atoms with Gasteiger partial charge in [0.25, 0.3) is 5.56 Å². The third kappa shape index (κ3) is 4.87. The number of alkyl halides is 2. The molecule has 3 aromatic rings. The third-order valence-corrected chi connectivity index (χ3v) is 6.05. The number of aromatic nitrogens is 4. The first kappa shape index (κ1) is 25.1. The molecule has 0 bridgehead atoms. The van der Waals surface area contributed by atoms with Gasteiger partial charge in [-0.1, -0.05) is 18.1 Å². The molecule has 1 fully saturated rings. The Morgan fingerprint density at radius 2 is 2.08 bits per heavy atom. The number of imidazole rings is 1.